The van der Waals surface area contributed by atoms with Crippen molar-refractivity contribution in [2.45, 2.75) is 39.8 Å². The number of ether oxygens (including phenoxy) is 1. The fourth-order valence-corrected chi connectivity index (χ4v) is 1.66. The smallest absolute Gasteiger partial charge is 0.315 e. The van der Waals surface area contributed by atoms with Gasteiger partial charge in [0, 0.05) is 0 Å². The summed E-state index contributed by atoms with van der Waals surface area (Å²) in [4.78, 5) is 22.5. The fraction of sp³-hybridized carbons (Fsp3) is 0.467. The van der Waals surface area contributed by atoms with Gasteiger partial charge in [-0.1, -0.05) is 12.1 Å². The number of benzene rings is 1. The quantitative estimate of drug-likeness (QED) is 0.784. The van der Waals surface area contributed by atoms with E-state index in [1.54, 1.807) is 6.92 Å². The summed E-state index contributed by atoms with van der Waals surface area (Å²) in [6, 6.07) is 7.12. The van der Waals surface area contributed by atoms with Crippen molar-refractivity contribution in [1.82, 2.24) is 5.32 Å². The van der Waals surface area contributed by atoms with Crippen LogP contribution in [0.25, 0.3) is 0 Å². The fourth-order valence-electron chi connectivity index (χ4n) is 1.66. The van der Waals surface area contributed by atoms with E-state index in [1.165, 1.54) is 6.92 Å². The number of carbonyl (C=O) groups excluding carboxylic acids is 1. The minimum atomic E-state index is -1.13. The number of rotatable bonds is 6. The van der Waals surface area contributed by atoms with Crippen LogP contribution in [0.15, 0.2) is 24.3 Å². The average molecular weight is 279 g/mol. The average Bonchev–Trinajstić information content (AvgIpc) is 2.37. The Bertz CT molecular complexity index is 485. The molecule has 1 amide bonds. The Morgan fingerprint density at radius 1 is 1.20 bits per heavy atom. The summed E-state index contributed by atoms with van der Waals surface area (Å²) in [6.07, 6.45) is 0.0715. The molecule has 0 aliphatic heterocycles. The van der Waals surface area contributed by atoms with Gasteiger partial charge < -0.3 is 15.2 Å². The Morgan fingerprint density at radius 3 is 2.40 bits per heavy atom. The number of carboxylic acids is 1. The predicted octanol–water partition coefficient (Wildman–Crippen LogP) is 2.37. The molecule has 1 aromatic rings. The molecule has 2 atom stereocenters. The molecule has 0 bridgehead atoms. The molecule has 20 heavy (non-hydrogen) atoms. The van der Waals surface area contributed by atoms with Crippen LogP contribution in [0.5, 0.6) is 5.75 Å². The van der Waals surface area contributed by atoms with Crippen molar-refractivity contribution in [2.24, 2.45) is 5.92 Å². The molecular formula is C15H21NO4. The molecule has 0 saturated heterocycles. The molecule has 5 nitrogen and oxygen atoms in total. The molecule has 0 radical (unpaired) electrons. The monoisotopic (exact) mass is 279 g/mol. The maximum absolute atomic E-state index is 11.7. The van der Waals surface area contributed by atoms with E-state index in [2.05, 4.69) is 5.32 Å². The number of amides is 1. The first-order chi connectivity index (χ1) is 9.31. The van der Waals surface area contributed by atoms with E-state index in [9.17, 15) is 9.59 Å². The molecule has 0 heterocycles. The second-order valence-electron chi connectivity index (χ2n) is 5.03. The van der Waals surface area contributed by atoms with Gasteiger partial charge in [-0.2, -0.15) is 0 Å². The topological polar surface area (TPSA) is 75.6 Å². The van der Waals surface area contributed by atoms with Gasteiger partial charge in [0.2, 0.25) is 5.91 Å². The highest BCUT2D eigenvalue weighted by Crippen LogP contribution is 2.20. The molecular weight excluding hydrogens is 258 g/mol. The molecule has 1 rings (SSSR count). The van der Waals surface area contributed by atoms with E-state index in [-0.39, 0.29) is 12.1 Å². The van der Waals surface area contributed by atoms with E-state index >= 15 is 0 Å². The van der Waals surface area contributed by atoms with Gasteiger partial charge in [-0.3, -0.25) is 9.59 Å². The van der Waals surface area contributed by atoms with Gasteiger partial charge in [0.1, 0.15) is 11.7 Å². The van der Waals surface area contributed by atoms with Crippen LogP contribution in [0, 0.1) is 5.92 Å². The van der Waals surface area contributed by atoms with Crippen molar-refractivity contribution in [3.05, 3.63) is 29.8 Å². The van der Waals surface area contributed by atoms with Gasteiger partial charge in [-0.05, 0) is 45.4 Å². The zero-order chi connectivity index (χ0) is 15.3. The number of hydrogen-bond acceptors (Lipinski definition) is 3. The third-order valence-electron chi connectivity index (χ3n) is 2.85. The Kier molecular flexibility index (Phi) is 5.55. The summed E-state index contributed by atoms with van der Waals surface area (Å²) in [7, 11) is 0. The standard InChI is InChI=1S/C15H21NO4/c1-9(2)20-13-7-5-6-12(8-13)11(4)16-14(17)10(3)15(18)19/h5-11H,1-4H3,(H,16,17)(H,18,19). The Labute approximate surface area is 118 Å². The molecule has 0 aromatic heterocycles. The van der Waals surface area contributed by atoms with Gasteiger partial charge in [0.15, 0.2) is 0 Å². The number of carbonyl (C=O) groups is 2. The van der Waals surface area contributed by atoms with E-state index in [4.69, 9.17) is 9.84 Å². The summed E-state index contributed by atoms with van der Waals surface area (Å²) >= 11 is 0. The van der Waals surface area contributed by atoms with Crippen LogP contribution in [0.4, 0.5) is 0 Å². The maximum Gasteiger partial charge on any atom is 0.315 e. The minimum Gasteiger partial charge on any atom is -0.491 e. The highest BCUT2D eigenvalue weighted by Gasteiger charge is 2.22. The highest BCUT2D eigenvalue weighted by molar-refractivity contribution is 5.96. The van der Waals surface area contributed by atoms with Crippen LogP contribution < -0.4 is 10.1 Å². The van der Waals surface area contributed by atoms with Crippen molar-refractivity contribution in [1.29, 1.82) is 0 Å². The first kappa shape index (κ1) is 16.0. The number of nitrogens with one attached hydrogen (secondary N) is 1. The van der Waals surface area contributed by atoms with Crippen molar-refractivity contribution in [2.75, 3.05) is 0 Å². The third-order valence-corrected chi connectivity index (χ3v) is 2.85. The molecule has 5 heteroatoms. The zero-order valence-corrected chi connectivity index (χ0v) is 12.2. The SMILES string of the molecule is CC(C)Oc1cccc(C(C)NC(=O)C(C)C(=O)O)c1. The van der Waals surface area contributed by atoms with E-state index in [0.29, 0.717) is 0 Å². The maximum atomic E-state index is 11.7. The van der Waals surface area contributed by atoms with Crippen LogP contribution in [-0.2, 0) is 9.59 Å². The summed E-state index contributed by atoms with van der Waals surface area (Å²) in [6.45, 7) is 7.04. The molecule has 0 aliphatic carbocycles. The second-order valence-corrected chi connectivity index (χ2v) is 5.03. The van der Waals surface area contributed by atoms with Gasteiger partial charge in [0.05, 0.1) is 12.1 Å². The molecule has 1 aromatic carbocycles. The summed E-state index contributed by atoms with van der Waals surface area (Å²) in [5.74, 6) is -1.97. The van der Waals surface area contributed by atoms with Crippen LogP contribution in [0.3, 0.4) is 0 Å². The molecule has 2 unspecified atom stereocenters. The van der Waals surface area contributed by atoms with E-state index < -0.39 is 17.8 Å². The Balaban J connectivity index is 2.74. The zero-order valence-electron chi connectivity index (χ0n) is 12.2. The largest absolute Gasteiger partial charge is 0.491 e. The van der Waals surface area contributed by atoms with Crippen molar-refractivity contribution < 1.29 is 19.4 Å². The van der Waals surface area contributed by atoms with Crippen LogP contribution >= 0.6 is 0 Å². The first-order valence-electron chi connectivity index (χ1n) is 6.61. The van der Waals surface area contributed by atoms with Gasteiger partial charge in [-0.25, -0.2) is 0 Å². The van der Waals surface area contributed by atoms with Crippen LogP contribution in [0.1, 0.15) is 39.3 Å². The van der Waals surface area contributed by atoms with Gasteiger partial charge in [-0.15, -0.1) is 0 Å². The number of carboxylic acid groups (broad SMARTS) is 1. The molecule has 2 N–H and O–H groups in total. The van der Waals surface area contributed by atoms with Crippen molar-refractivity contribution in [3.8, 4) is 5.75 Å². The lowest BCUT2D eigenvalue weighted by molar-refractivity contribution is -0.146. The molecule has 0 spiro atoms. The van der Waals surface area contributed by atoms with E-state index in [1.807, 2.05) is 38.1 Å². The predicted molar refractivity (Wildman–Crippen MR) is 75.6 cm³/mol. The van der Waals surface area contributed by atoms with Crippen molar-refractivity contribution in [3.63, 3.8) is 0 Å². The van der Waals surface area contributed by atoms with Crippen molar-refractivity contribution >= 4 is 11.9 Å². The number of hydrogen-bond donors (Lipinski definition) is 2. The number of aliphatic carboxylic acids is 1. The molecule has 110 valence electrons. The molecule has 0 saturated carbocycles. The molecule has 0 fully saturated rings. The van der Waals surface area contributed by atoms with Crippen LogP contribution in [0.2, 0.25) is 0 Å². The lowest BCUT2D eigenvalue weighted by Gasteiger charge is -2.17. The van der Waals surface area contributed by atoms with Crippen LogP contribution in [-0.4, -0.2) is 23.1 Å². The second kappa shape index (κ2) is 6.93. The van der Waals surface area contributed by atoms with E-state index in [0.717, 1.165) is 11.3 Å². The first-order valence-corrected chi connectivity index (χ1v) is 6.61. The van der Waals surface area contributed by atoms with Gasteiger partial charge in [0.25, 0.3) is 0 Å². The third kappa shape index (κ3) is 4.57. The Hall–Kier alpha value is -2.04. The summed E-state index contributed by atoms with van der Waals surface area (Å²) in [5.41, 5.74) is 0.870. The molecule has 0 aliphatic rings. The van der Waals surface area contributed by atoms with Gasteiger partial charge >= 0.3 is 5.97 Å². The minimum absolute atomic E-state index is 0.0715. The normalized spacial score (nSPS) is 13.7. The Morgan fingerprint density at radius 2 is 1.85 bits per heavy atom. The highest BCUT2D eigenvalue weighted by atomic mass is 16.5. The summed E-state index contributed by atoms with van der Waals surface area (Å²) in [5, 5.41) is 11.5. The lowest BCUT2D eigenvalue weighted by atomic mass is 10.1. The summed E-state index contributed by atoms with van der Waals surface area (Å²) < 4.78 is 5.59. The lowest BCUT2D eigenvalue weighted by Crippen LogP contribution is -2.35.